The summed E-state index contributed by atoms with van der Waals surface area (Å²) in [4.78, 5) is 29.2. The minimum absolute atomic E-state index is 0.0875. The molecule has 0 unspecified atom stereocenters. The quantitative estimate of drug-likeness (QED) is 0.190. The number of ether oxygens (including phenoxy) is 3. The Morgan fingerprint density at radius 1 is 1.09 bits per heavy atom. The Kier molecular flexibility index (Phi) is 7.36. The highest BCUT2D eigenvalue weighted by Gasteiger charge is 2.25. The molecule has 1 heterocycles. The van der Waals surface area contributed by atoms with Crippen molar-refractivity contribution in [2.75, 3.05) is 6.61 Å². The summed E-state index contributed by atoms with van der Waals surface area (Å²) in [5, 5.41) is 0.703. The summed E-state index contributed by atoms with van der Waals surface area (Å²) in [7, 11) is 0. The second-order valence-electron chi connectivity index (χ2n) is 6.98. The number of cyclic esters (lactones) is 1. The zero-order valence-corrected chi connectivity index (χ0v) is 20.8. The van der Waals surface area contributed by atoms with Gasteiger partial charge in [-0.15, -0.1) is 0 Å². The van der Waals surface area contributed by atoms with Crippen LogP contribution in [0.15, 0.2) is 75.8 Å². The molecule has 4 rings (SSSR count). The molecule has 9 heteroatoms. The summed E-state index contributed by atoms with van der Waals surface area (Å²) >= 11 is 15.4. The Balaban J connectivity index is 1.65. The maximum absolute atomic E-state index is 12.5. The molecule has 172 valence electrons. The Labute approximate surface area is 213 Å². The molecule has 3 aromatic rings. The molecular formula is C25H16BrCl2NO5. The third-order valence-corrected chi connectivity index (χ3v) is 5.95. The van der Waals surface area contributed by atoms with Gasteiger partial charge in [-0.25, -0.2) is 14.6 Å². The van der Waals surface area contributed by atoms with Crippen LogP contribution < -0.4 is 9.47 Å². The van der Waals surface area contributed by atoms with Crippen LogP contribution in [0.25, 0.3) is 6.08 Å². The van der Waals surface area contributed by atoms with E-state index in [0.29, 0.717) is 43.6 Å². The topological polar surface area (TPSA) is 74.2 Å². The van der Waals surface area contributed by atoms with Crippen molar-refractivity contribution in [2.24, 2.45) is 4.99 Å². The van der Waals surface area contributed by atoms with Crippen molar-refractivity contribution < 1.29 is 23.8 Å². The molecule has 0 saturated heterocycles. The number of carbonyl (C=O) groups is 2. The summed E-state index contributed by atoms with van der Waals surface area (Å²) < 4.78 is 17.0. The van der Waals surface area contributed by atoms with Crippen LogP contribution in [-0.4, -0.2) is 24.4 Å². The standard InChI is InChI=1S/C25H16BrCl2NO5/c1-2-32-21-12-14(10-17(26)22(21)33-24(30)15-6-4-3-5-7-15)11-20-25(31)34-23(29-20)16-8-9-18(27)19(28)13-16/h3-13H,2H2,1H3/b20-11-. The van der Waals surface area contributed by atoms with Gasteiger partial charge in [-0.1, -0.05) is 41.4 Å². The van der Waals surface area contributed by atoms with Crippen LogP contribution in [0, 0.1) is 0 Å². The number of benzene rings is 3. The maximum atomic E-state index is 12.5. The van der Waals surface area contributed by atoms with Gasteiger partial charge in [-0.3, -0.25) is 0 Å². The van der Waals surface area contributed by atoms with Crippen molar-refractivity contribution in [2.45, 2.75) is 6.92 Å². The largest absolute Gasteiger partial charge is 0.490 e. The molecule has 1 aliphatic rings. The number of aliphatic imine (C=N–C) groups is 1. The molecular weight excluding hydrogens is 545 g/mol. The van der Waals surface area contributed by atoms with Crippen LogP contribution in [0.1, 0.15) is 28.4 Å². The Morgan fingerprint density at radius 3 is 2.56 bits per heavy atom. The summed E-state index contributed by atoms with van der Waals surface area (Å²) in [5.74, 6) is -0.467. The van der Waals surface area contributed by atoms with E-state index in [4.69, 9.17) is 37.4 Å². The van der Waals surface area contributed by atoms with Crippen LogP contribution >= 0.6 is 39.1 Å². The average Bonchev–Trinajstić information content (AvgIpc) is 3.18. The molecule has 1 aliphatic heterocycles. The molecule has 6 nitrogen and oxygen atoms in total. The Morgan fingerprint density at radius 2 is 1.85 bits per heavy atom. The molecule has 0 atom stereocenters. The van der Waals surface area contributed by atoms with E-state index in [1.165, 1.54) is 0 Å². The van der Waals surface area contributed by atoms with E-state index in [0.717, 1.165) is 0 Å². The summed E-state index contributed by atoms with van der Waals surface area (Å²) in [5.41, 5.74) is 1.59. The Hall–Kier alpha value is -3.13. The van der Waals surface area contributed by atoms with Crippen molar-refractivity contribution in [3.05, 3.63) is 97.6 Å². The van der Waals surface area contributed by atoms with Crippen molar-refractivity contribution in [3.8, 4) is 11.5 Å². The van der Waals surface area contributed by atoms with Gasteiger partial charge in [0.25, 0.3) is 0 Å². The number of hydrogen-bond acceptors (Lipinski definition) is 6. The van der Waals surface area contributed by atoms with E-state index in [2.05, 4.69) is 20.9 Å². The fraction of sp³-hybridized carbons (Fsp3) is 0.0800. The van der Waals surface area contributed by atoms with E-state index in [9.17, 15) is 9.59 Å². The first-order chi connectivity index (χ1) is 16.4. The fourth-order valence-corrected chi connectivity index (χ4v) is 3.92. The van der Waals surface area contributed by atoms with Gasteiger partial charge < -0.3 is 14.2 Å². The minimum atomic E-state index is -0.616. The number of rotatable bonds is 6. The zero-order chi connectivity index (χ0) is 24.2. The lowest BCUT2D eigenvalue weighted by atomic mass is 10.1. The molecule has 0 bridgehead atoms. The number of esters is 2. The smallest absolute Gasteiger partial charge is 0.363 e. The molecule has 0 amide bonds. The van der Waals surface area contributed by atoms with E-state index in [-0.39, 0.29) is 17.3 Å². The molecule has 34 heavy (non-hydrogen) atoms. The lowest BCUT2D eigenvalue weighted by molar-refractivity contribution is -0.129. The SMILES string of the molecule is CCOc1cc(/C=C2\N=C(c3ccc(Cl)c(Cl)c3)OC2=O)cc(Br)c1OC(=O)c1ccccc1. The van der Waals surface area contributed by atoms with E-state index in [1.54, 1.807) is 60.7 Å². The van der Waals surface area contributed by atoms with Crippen LogP contribution in [0.3, 0.4) is 0 Å². The molecule has 0 spiro atoms. The first kappa shape index (κ1) is 24.0. The van der Waals surface area contributed by atoms with E-state index in [1.807, 2.05) is 13.0 Å². The van der Waals surface area contributed by atoms with Gasteiger partial charge in [0, 0.05) is 5.56 Å². The first-order valence-corrected chi connectivity index (χ1v) is 11.6. The third kappa shape index (κ3) is 5.33. The predicted molar refractivity (Wildman–Crippen MR) is 134 cm³/mol. The molecule has 0 N–H and O–H groups in total. The number of carbonyl (C=O) groups excluding carboxylic acids is 2. The number of hydrogen-bond donors (Lipinski definition) is 0. The highest BCUT2D eigenvalue weighted by Crippen LogP contribution is 2.38. The second-order valence-corrected chi connectivity index (χ2v) is 8.65. The zero-order valence-electron chi connectivity index (χ0n) is 17.7. The van der Waals surface area contributed by atoms with Gasteiger partial charge in [0.1, 0.15) is 0 Å². The van der Waals surface area contributed by atoms with Crippen LogP contribution in [0.2, 0.25) is 10.0 Å². The third-order valence-electron chi connectivity index (χ3n) is 4.63. The maximum Gasteiger partial charge on any atom is 0.363 e. The molecule has 0 saturated carbocycles. The van der Waals surface area contributed by atoms with Crippen LogP contribution in [0.4, 0.5) is 0 Å². The van der Waals surface area contributed by atoms with Crippen molar-refractivity contribution in [1.29, 1.82) is 0 Å². The highest BCUT2D eigenvalue weighted by molar-refractivity contribution is 9.10. The predicted octanol–water partition coefficient (Wildman–Crippen LogP) is 6.72. The monoisotopic (exact) mass is 559 g/mol. The lowest BCUT2D eigenvalue weighted by Gasteiger charge is -2.13. The fourth-order valence-electron chi connectivity index (χ4n) is 3.08. The number of nitrogens with zero attached hydrogens (tertiary/aromatic N) is 1. The van der Waals surface area contributed by atoms with Crippen molar-refractivity contribution >= 4 is 63.0 Å². The summed E-state index contributed by atoms with van der Waals surface area (Å²) in [6.07, 6.45) is 1.54. The van der Waals surface area contributed by atoms with Gasteiger partial charge in [-0.2, -0.15) is 0 Å². The van der Waals surface area contributed by atoms with Crippen LogP contribution in [0.5, 0.6) is 11.5 Å². The summed E-state index contributed by atoms with van der Waals surface area (Å²) in [6.45, 7) is 2.15. The minimum Gasteiger partial charge on any atom is -0.490 e. The lowest BCUT2D eigenvalue weighted by Crippen LogP contribution is -2.10. The normalized spacial score (nSPS) is 14.1. The molecule has 0 radical (unpaired) electrons. The van der Waals surface area contributed by atoms with Gasteiger partial charge in [0.2, 0.25) is 5.90 Å². The molecule has 3 aromatic carbocycles. The molecule has 0 aliphatic carbocycles. The average molecular weight is 561 g/mol. The van der Waals surface area contributed by atoms with Crippen molar-refractivity contribution in [1.82, 2.24) is 0 Å². The Bertz CT molecular complexity index is 1340. The van der Waals surface area contributed by atoms with Gasteiger partial charge in [0.05, 0.1) is 26.7 Å². The van der Waals surface area contributed by atoms with Crippen molar-refractivity contribution in [3.63, 3.8) is 0 Å². The summed E-state index contributed by atoms with van der Waals surface area (Å²) in [6, 6.07) is 16.8. The van der Waals surface area contributed by atoms with Crippen LogP contribution in [-0.2, 0) is 9.53 Å². The van der Waals surface area contributed by atoms with Gasteiger partial charge in [0.15, 0.2) is 17.2 Å². The van der Waals surface area contributed by atoms with E-state index < -0.39 is 11.9 Å². The first-order valence-electron chi connectivity index (χ1n) is 10.1. The molecule has 0 aromatic heterocycles. The second kappa shape index (κ2) is 10.4. The van der Waals surface area contributed by atoms with E-state index >= 15 is 0 Å². The number of halogens is 3. The highest BCUT2D eigenvalue weighted by atomic mass is 79.9. The molecule has 0 fully saturated rings. The van der Waals surface area contributed by atoms with Gasteiger partial charge in [-0.05, 0) is 77.0 Å². The van der Waals surface area contributed by atoms with Gasteiger partial charge >= 0.3 is 11.9 Å².